The highest BCUT2D eigenvalue weighted by molar-refractivity contribution is 5.35. The van der Waals surface area contributed by atoms with Crippen LogP contribution in [0.3, 0.4) is 0 Å². The van der Waals surface area contributed by atoms with Crippen LogP contribution in [0.25, 0.3) is 0 Å². The van der Waals surface area contributed by atoms with Gasteiger partial charge in [0.15, 0.2) is 0 Å². The highest BCUT2D eigenvalue weighted by Gasteiger charge is 2.27. The minimum atomic E-state index is 0.339. The molecule has 88 valence electrons. The molecular formula is C14H21NO. The third-order valence-corrected chi connectivity index (χ3v) is 3.27. The van der Waals surface area contributed by atoms with Crippen molar-refractivity contribution in [3.05, 3.63) is 29.3 Å². The lowest BCUT2D eigenvalue weighted by atomic mass is 10.1. The summed E-state index contributed by atoms with van der Waals surface area (Å²) < 4.78 is 5.76. The van der Waals surface area contributed by atoms with E-state index in [0.29, 0.717) is 6.04 Å². The van der Waals surface area contributed by atoms with Crippen molar-refractivity contribution in [1.29, 1.82) is 0 Å². The molecule has 0 aromatic heterocycles. The van der Waals surface area contributed by atoms with Crippen molar-refractivity contribution in [2.45, 2.75) is 39.2 Å². The van der Waals surface area contributed by atoms with Gasteiger partial charge in [-0.2, -0.15) is 0 Å². The summed E-state index contributed by atoms with van der Waals surface area (Å²) in [5.74, 6) is 1.76. The Hall–Kier alpha value is -1.02. The third-order valence-electron chi connectivity index (χ3n) is 3.27. The molecule has 0 aliphatic heterocycles. The van der Waals surface area contributed by atoms with Gasteiger partial charge in [-0.15, -0.1) is 0 Å². The molecule has 2 nitrogen and oxygen atoms in total. The van der Waals surface area contributed by atoms with Gasteiger partial charge in [0.05, 0.1) is 6.61 Å². The SMILES string of the molecule is Cc1ccc(OCCC(N)C2CC2)c(C)c1. The van der Waals surface area contributed by atoms with E-state index >= 15 is 0 Å². The van der Waals surface area contributed by atoms with E-state index < -0.39 is 0 Å². The second-order valence-electron chi connectivity index (χ2n) is 4.91. The van der Waals surface area contributed by atoms with Gasteiger partial charge in [0.2, 0.25) is 0 Å². The highest BCUT2D eigenvalue weighted by atomic mass is 16.5. The molecule has 0 radical (unpaired) electrons. The van der Waals surface area contributed by atoms with E-state index in [2.05, 4.69) is 26.0 Å². The van der Waals surface area contributed by atoms with Crippen molar-refractivity contribution in [2.24, 2.45) is 11.7 Å². The Kier molecular flexibility index (Phi) is 3.49. The first-order valence-corrected chi connectivity index (χ1v) is 6.12. The normalized spacial score (nSPS) is 17.2. The maximum Gasteiger partial charge on any atom is 0.122 e. The number of hydrogen-bond acceptors (Lipinski definition) is 2. The molecule has 1 aromatic carbocycles. The van der Waals surface area contributed by atoms with Crippen LogP contribution in [0, 0.1) is 19.8 Å². The van der Waals surface area contributed by atoms with E-state index in [1.807, 2.05) is 6.07 Å². The zero-order valence-corrected chi connectivity index (χ0v) is 10.2. The summed E-state index contributed by atoms with van der Waals surface area (Å²) >= 11 is 0. The van der Waals surface area contributed by atoms with Crippen LogP contribution in [0.4, 0.5) is 0 Å². The molecule has 0 bridgehead atoms. The zero-order valence-electron chi connectivity index (χ0n) is 10.2. The lowest BCUT2D eigenvalue weighted by molar-refractivity contribution is 0.290. The fourth-order valence-electron chi connectivity index (χ4n) is 2.03. The molecule has 1 unspecified atom stereocenters. The summed E-state index contributed by atoms with van der Waals surface area (Å²) in [5, 5.41) is 0. The Labute approximate surface area is 97.8 Å². The monoisotopic (exact) mass is 219 g/mol. The van der Waals surface area contributed by atoms with Gasteiger partial charge in [-0.3, -0.25) is 0 Å². The molecule has 1 saturated carbocycles. The summed E-state index contributed by atoms with van der Waals surface area (Å²) in [5.41, 5.74) is 8.51. The van der Waals surface area contributed by atoms with Crippen molar-refractivity contribution in [3.8, 4) is 5.75 Å². The molecule has 1 fully saturated rings. The lowest BCUT2D eigenvalue weighted by Gasteiger charge is -2.13. The molecule has 0 heterocycles. The summed E-state index contributed by atoms with van der Waals surface area (Å²) in [6.07, 6.45) is 3.59. The molecule has 2 rings (SSSR count). The maximum atomic E-state index is 6.03. The average Bonchev–Trinajstić information content (AvgIpc) is 3.04. The van der Waals surface area contributed by atoms with E-state index in [-0.39, 0.29) is 0 Å². The minimum absolute atomic E-state index is 0.339. The van der Waals surface area contributed by atoms with Crippen LogP contribution < -0.4 is 10.5 Å². The first-order chi connectivity index (χ1) is 7.66. The van der Waals surface area contributed by atoms with Gasteiger partial charge in [-0.1, -0.05) is 17.7 Å². The predicted molar refractivity (Wildman–Crippen MR) is 66.7 cm³/mol. The second-order valence-corrected chi connectivity index (χ2v) is 4.91. The van der Waals surface area contributed by atoms with Gasteiger partial charge in [0, 0.05) is 6.04 Å². The summed E-state index contributed by atoms with van der Waals surface area (Å²) in [6, 6.07) is 6.62. The van der Waals surface area contributed by atoms with Crippen LogP contribution in [0.2, 0.25) is 0 Å². The van der Waals surface area contributed by atoms with Gasteiger partial charge in [0.25, 0.3) is 0 Å². The largest absolute Gasteiger partial charge is 0.493 e. The Morgan fingerprint density at radius 2 is 2.12 bits per heavy atom. The lowest BCUT2D eigenvalue weighted by Crippen LogP contribution is -2.24. The third kappa shape index (κ3) is 2.99. The molecule has 0 spiro atoms. The van der Waals surface area contributed by atoms with Crippen LogP contribution in [-0.4, -0.2) is 12.6 Å². The number of ether oxygens (including phenoxy) is 1. The summed E-state index contributed by atoms with van der Waals surface area (Å²) in [7, 11) is 0. The molecule has 1 aliphatic rings. The number of nitrogens with two attached hydrogens (primary N) is 1. The van der Waals surface area contributed by atoms with E-state index in [0.717, 1.165) is 24.7 Å². The zero-order chi connectivity index (χ0) is 11.5. The van der Waals surface area contributed by atoms with Crippen molar-refractivity contribution in [3.63, 3.8) is 0 Å². The first kappa shape index (κ1) is 11.5. The average molecular weight is 219 g/mol. The molecule has 1 aliphatic carbocycles. The van der Waals surface area contributed by atoms with Crippen LogP contribution in [-0.2, 0) is 0 Å². The number of hydrogen-bond donors (Lipinski definition) is 1. The van der Waals surface area contributed by atoms with E-state index in [4.69, 9.17) is 10.5 Å². The fraction of sp³-hybridized carbons (Fsp3) is 0.571. The fourth-order valence-corrected chi connectivity index (χ4v) is 2.03. The topological polar surface area (TPSA) is 35.2 Å². The number of rotatable bonds is 5. The minimum Gasteiger partial charge on any atom is -0.493 e. The molecule has 2 heteroatoms. The Morgan fingerprint density at radius 1 is 1.38 bits per heavy atom. The van der Waals surface area contributed by atoms with Gasteiger partial charge < -0.3 is 10.5 Å². The van der Waals surface area contributed by atoms with Gasteiger partial charge >= 0.3 is 0 Å². The van der Waals surface area contributed by atoms with Gasteiger partial charge in [-0.05, 0) is 50.7 Å². The second kappa shape index (κ2) is 4.88. The van der Waals surface area contributed by atoms with Crippen molar-refractivity contribution >= 4 is 0 Å². The van der Waals surface area contributed by atoms with Gasteiger partial charge in [-0.25, -0.2) is 0 Å². The van der Waals surface area contributed by atoms with E-state index in [1.165, 1.54) is 24.0 Å². The summed E-state index contributed by atoms with van der Waals surface area (Å²) in [6.45, 7) is 4.92. The Balaban J connectivity index is 1.80. The molecule has 0 amide bonds. The van der Waals surface area contributed by atoms with Crippen LogP contribution in [0.5, 0.6) is 5.75 Å². The van der Waals surface area contributed by atoms with Crippen molar-refractivity contribution < 1.29 is 4.74 Å². The molecule has 0 saturated heterocycles. The highest BCUT2D eigenvalue weighted by Crippen LogP contribution is 2.32. The van der Waals surface area contributed by atoms with Crippen LogP contribution >= 0.6 is 0 Å². The molecule has 1 atom stereocenters. The molecule has 16 heavy (non-hydrogen) atoms. The smallest absolute Gasteiger partial charge is 0.122 e. The standard InChI is InChI=1S/C14H21NO/c1-10-3-6-14(11(2)9-10)16-8-7-13(15)12-4-5-12/h3,6,9,12-13H,4-5,7-8,15H2,1-2H3. The first-order valence-electron chi connectivity index (χ1n) is 6.12. The van der Waals surface area contributed by atoms with E-state index in [9.17, 15) is 0 Å². The number of benzene rings is 1. The van der Waals surface area contributed by atoms with Crippen LogP contribution in [0.1, 0.15) is 30.4 Å². The van der Waals surface area contributed by atoms with Crippen molar-refractivity contribution in [2.75, 3.05) is 6.61 Å². The maximum absolute atomic E-state index is 6.03. The summed E-state index contributed by atoms with van der Waals surface area (Å²) in [4.78, 5) is 0. The molecular weight excluding hydrogens is 198 g/mol. The Bertz CT molecular complexity index is 358. The van der Waals surface area contributed by atoms with Gasteiger partial charge in [0.1, 0.15) is 5.75 Å². The number of aryl methyl sites for hydroxylation is 2. The quantitative estimate of drug-likeness (QED) is 0.826. The van der Waals surface area contributed by atoms with Crippen molar-refractivity contribution in [1.82, 2.24) is 0 Å². The molecule has 1 aromatic rings. The Morgan fingerprint density at radius 3 is 2.75 bits per heavy atom. The van der Waals surface area contributed by atoms with E-state index in [1.54, 1.807) is 0 Å². The van der Waals surface area contributed by atoms with Crippen LogP contribution in [0.15, 0.2) is 18.2 Å². The predicted octanol–water partition coefficient (Wildman–Crippen LogP) is 2.81. The molecule has 2 N–H and O–H groups in total.